The first-order valence-electron chi connectivity index (χ1n) is 6.93. The number of likely N-dealkylation sites (tertiary alicyclic amines) is 1. The molecule has 1 fully saturated rings. The lowest BCUT2D eigenvalue weighted by atomic mass is 9.99. The number of piperidine rings is 1. The lowest BCUT2D eigenvalue weighted by Gasteiger charge is -2.30. The Labute approximate surface area is 122 Å². The number of thiophene rings is 1. The van der Waals surface area contributed by atoms with Gasteiger partial charge in [-0.3, -0.25) is 4.79 Å². The number of carboxylic acids is 1. The number of carbonyl (C=O) groups excluding carboxylic acids is 1. The molecule has 1 aliphatic heterocycles. The molecule has 20 heavy (non-hydrogen) atoms. The van der Waals surface area contributed by atoms with Gasteiger partial charge in [-0.2, -0.15) is 0 Å². The van der Waals surface area contributed by atoms with Gasteiger partial charge in [0.2, 0.25) is 0 Å². The van der Waals surface area contributed by atoms with E-state index in [9.17, 15) is 9.59 Å². The third-order valence-electron chi connectivity index (χ3n) is 3.54. The molecule has 2 amide bonds. The summed E-state index contributed by atoms with van der Waals surface area (Å²) in [6, 6.07) is 3.94. The van der Waals surface area contributed by atoms with Gasteiger partial charge in [-0.1, -0.05) is 6.92 Å². The van der Waals surface area contributed by atoms with Crippen molar-refractivity contribution in [3.63, 3.8) is 0 Å². The largest absolute Gasteiger partial charge is 0.481 e. The Hall–Kier alpha value is -1.56. The highest BCUT2D eigenvalue weighted by atomic mass is 32.1. The SMILES string of the molecule is CCc1ccc(CNC(=O)N2CCC[C@@H](C(=O)O)C2)s1. The third-order valence-corrected chi connectivity index (χ3v) is 4.77. The molecule has 0 spiro atoms. The van der Waals surface area contributed by atoms with Crippen LogP contribution in [0, 0.1) is 5.92 Å². The summed E-state index contributed by atoms with van der Waals surface area (Å²) in [6.45, 7) is 3.57. The Morgan fingerprint density at radius 2 is 2.20 bits per heavy atom. The molecular weight excluding hydrogens is 276 g/mol. The third kappa shape index (κ3) is 3.72. The summed E-state index contributed by atoms with van der Waals surface area (Å²) in [6.07, 6.45) is 2.41. The van der Waals surface area contributed by atoms with Crippen LogP contribution in [0.3, 0.4) is 0 Å². The van der Waals surface area contributed by atoms with Crippen molar-refractivity contribution < 1.29 is 14.7 Å². The Morgan fingerprint density at radius 1 is 1.45 bits per heavy atom. The first kappa shape index (κ1) is 14.8. The van der Waals surface area contributed by atoms with E-state index in [1.54, 1.807) is 16.2 Å². The van der Waals surface area contributed by atoms with Crippen LogP contribution >= 0.6 is 11.3 Å². The number of hydrogen-bond acceptors (Lipinski definition) is 3. The molecule has 2 rings (SSSR count). The van der Waals surface area contributed by atoms with Crippen molar-refractivity contribution in [3.05, 3.63) is 21.9 Å². The molecule has 0 aromatic carbocycles. The maximum Gasteiger partial charge on any atom is 0.317 e. The van der Waals surface area contributed by atoms with Gasteiger partial charge in [0.15, 0.2) is 0 Å². The summed E-state index contributed by atoms with van der Waals surface area (Å²) in [5.41, 5.74) is 0. The smallest absolute Gasteiger partial charge is 0.317 e. The zero-order chi connectivity index (χ0) is 14.5. The van der Waals surface area contributed by atoms with Crippen LogP contribution < -0.4 is 5.32 Å². The van der Waals surface area contributed by atoms with Crippen molar-refractivity contribution in [2.45, 2.75) is 32.7 Å². The van der Waals surface area contributed by atoms with E-state index in [2.05, 4.69) is 18.3 Å². The number of nitrogens with zero attached hydrogens (tertiary/aromatic N) is 1. The molecular formula is C14H20N2O3S. The van der Waals surface area contributed by atoms with Crippen molar-refractivity contribution >= 4 is 23.3 Å². The molecule has 110 valence electrons. The van der Waals surface area contributed by atoms with Crippen molar-refractivity contribution in [3.8, 4) is 0 Å². The molecule has 1 atom stereocenters. The summed E-state index contributed by atoms with van der Waals surface area (Å²) in [5, 5.41) is 11.9. The minimum Gasteiger partial charge on any atom is -0.481 e. The molecule has 1 saturated heterocycles. The van der Waals surface area contributed by atoms with Gasteiger partial charge in [0.05, 0.1) is 12.5 Å². The first-order valence-corrected chi connectivity index (χ1v) is 7.75. The number of hydrogen-bond donors (Lipinski definition) is 2. The van der Waals surface area contributed by atoms with E-state index in [4.69, 9.17) is 5.11 Å². The molecule has 0 unspecified atom stereocenters. The van der Waals surface area contributed by atoms with Crippen LogP contribution in [0.15, 0.2) is 12.1 Å². The predicted octanol–water partition coefficient (Wildman–Crippen LogP) is 2.32. The topological polar surface area (TPSA) is 69.6 Å². The Morgan fingerprint density at radius 3 is 2.85 bits per heavy atom. The lowest BCUT2D eigenvalue weighted by molar-refractivity contribution is -0.143. The molecule has 2 N–H and O–H groups in total. The van der Waals surface area contributed by atoms with Gasteiger partial charge in [-0.05, 0) is 31.4 Å². The number of amides is 2. The normalized spacial score (nSPS) is 18.9. The van der Waals surface area contributed by atoms with Gasteiger partial charge in [-0.25, -0.2) is 4.79 Å². The second kappa shape index (κ2) is 6.74. The van der Waals surface area contributed by atoms with E-state index in [0.717, 1.165) is 17.7 Å². The standard InChI is InChI=1S/C14H20N2O3S/c1-2-11-5-6-12(20-11)8-15-14(19)16-7-3-4-10(9-16)13(17)18/h5-6,10H,2-4,7-9H2,1H3,(H,15,19)(H,17,18)/t10-/m1/s1. The van der Waals surface area contributed by atoms with Crippen molar-refractivity contribution in [1.82, 2.24) is 10.2 Å². The number of rotatable bonds is 4. The van der Waals surface area contributed by atoms with Gasteiger partial charge in [0.1, 0.15) is 0 Å². The molecule has 6 heteroatoms. The summed E-state index contributed by atoms with van der Waals surface area (Å²) in [7, 11) is 0. The number of nitrogens with one attached hydrogen (secondary N) is 1. The lowest BCUT2D eigenvalue weighted by Crippen LogP contribution is -2.46. The Balaban J connectivity index is 1.83. The molecule has 0 bridgehead atoms. The minimum absolute atomic E-state index is 0.164. The van der Waals surface area contributed by atoms with E-state index in [0.29, 0.717) is 26.1 Å². The van der Waals surface area contributed by atoms with Crippen molar-refractivity contribution in [1.29, 1.82) is 0 Å². The zero-order valence-electron chi connectivity index (χ0n) is 11.6. The quantitative estimate of drug-likeness (QED) is 0.896. The molecule has 1 aromatic heterocycles. The highest BCUT2D eigenvalue weighted by Gasteiger charge is 2.27. The van der Waals surface area contributed by atoms with Crippen molar-refractivity contribution in [2.75, 3.05) is 13.1 Å². The van der Waals surface area contributed by atoms with Gasteiger partial charge in [-0.15, -0.1) is 11.3 Å². The van der Waals surface area contributed by atoms with E-state index >= 15 is 0 Å². The average molecular weight is 296 g/mol. The summed E-state index contributed by atoms with van der Waals surface area (Å²) in [5.74, 6) is -1.24. The molecule has 0 saturated carbocycles. The number of aliphatic carboxylic acids is 1. The molecule has 1 aliphatic rings. The number of urea groups is 1. The summed E-state index contributed by atoms with van der Waals surface area (Å²) < 4.78 is 0. The van der Waals surface area contributed by atoms with E-state index < -0.39 is 11.9 Å². The van der Waals surface area contributed by atoms with E-state index in [-0.39, 0.29) is 6.03 Å². The van der Waals surface area contributed by atoms with Crippen LogP contribution in [0.2, 0.25) is 0 Å². The Kier molecular flexibility index (Phi) is 5.00. The van der Waals surface area contributed by atoms with E-state index in [1.165, 1.54) is 4.88 Å². The highest BCUT2D eigenvalue weighted by Crippen LogP contribution is 2.18. The highest BCUT2D eigenvalue weighted by molar-refractivity contribution is 7.11. The average Bonchev–Trinajstić information content (AvgIpc) is 2.93. The van der Waals surface area contributed by atoms with Crippen LogP contribution in [-0.2, 0) is 17.8 Å². The van der Waals surface area contributed by atoms with Gasteiger partial charge >= 0.3 is 12.0 Å². The monoisotopic (exact) mass is 296 g/mol. The fourth-order valence-electron chi connectivity index (χ4n) is 2.35. The summed E-state index contributed by atoms with van der Waals surface area (Å²) >= 11 is 1.70. The Bertz CT molecular complexity index is 487. The molecule has 1 aromatic rings. The maximum atomic E-state index is 12.0. The van der Waals surface area contributed by atoms with Gasteiger partial charge < -0.3 is 15.3 Å². The second-order valence-electron chi connectivity index (χ2n) is 5.00. The van der Waals surface area contributed by atoms with Gasteiger partial charge in [0, 0.05) is 22.8 Å². The van der Waals surface area contributed by atoms with E-state index in [1.807, 2.05) is 6.07 Å². The van der Waals surface area contributed by atoms with Crippen LogP contribution in [0.25, 0.3) is 0 Å². The molecule has 5 nitrogen and oxygen atoms in total. The number of carbonyl (C=O) groups is 2. The van der Waals surface area contributed by atoms with Crippen LogP contribution in [0.4, 0.5) is 4.79 Å². The molecule has 2 heterocycles. The minimum atomic E-state index is -0.812. The summed E-state index contributed by atoms with van der Waals surface area (Å²) in [4.78, 5) is 27.1. The maximum absolute atomic E-state index is 12.0. The van der Waals surface area contributed by atoms with Gasteiger partial charge in [0.25, 0.3) is 0 Å². The number of aryl methyl sites for hydroxylation is 1. The second-order valence-corrected chi connectivity index (χ2v) is 6.26. The fourth-order valence-corrected chi connectivity index (χ4v) is 3.24. The molecule has 0 radical (unpaired) electrons. The molecule has 0 aliphatic carbocycles. The van der Waals surface area contributed by atoms with Crippen molar-refractivity contribution in [2.24, 2.45) is 5.92 Å². The fraction of sp³-hybridized carbons (Fsp3) is 0.571. The van der Waals surface area contributed by atoms with Crippen LogP contribution in [0.5, 0.6) is 0 Å². The predicted molar refractivity (Wildman–Crippen MR) is 77.9 cm³/mol. The zero-order valence-corrected chi connectivity index (χ0v) is 12.4. The number of carboxylic acid groups (broad SMARTS) is 1. The van der Waals surface area contributed by atoms with Crippen LogP contribution in [-0.4, -0.2) is 35.1 Å². The van der Waals surface area contributed by atoms with Crippen LogP contribution in [0.1, 0.15) is 29.5 Å². The first-order chi connectivity index (χ1) is 9.60.